The molecule has 1 spiro atoms. The second kappa shape index (κ2) is 18.2. The number of hydrogen-bond donors (Lipinski definition) is 3. The third-order valence-electron chi connectivity index (χ3n) is 16.8. The third kappa shape index (κ3) is 8.92. The highest BCUT2D eigenvalue weighted by molar-refractivity contribution is 5.70. The first-order chi connectivity index (χ1) is 29.0. The van der Waals surface area contributed by atoms with Gasteiger partial charge in [0.15, 0.2) is 23.7 Å². The fraction of sp³-hybridized carbons (Fsp3) is 0.979. The Hall–Kier alpha value is -1.05. The van der Waals surface area contributed by atoms with Crippen LogP contribution in [0.15, 0.2) is 0 Å². The lowest BCUT2D eigenvalue weighted by atomic mass is 9.77. The fourth-order valence-electron chi connectivity index (χ4n) is 12.8. The van der Waals surface area contributed by atoms with Gasteiger partial charge in [0, 0.05) is 77.1 Å². The number of carboxylic acid groups (broad SMARTS) is 1. The number of hydrogen-bond acceptors (Lipinski definition) is 14. The summed E-state index contributed by atoms with van der Waals surface area (Å²) < 4.78 is 72.7. The van der Waals surface area contributed by atoms with Crippen molar-refractivity contribution in [3.63, 3.8) is 0 Å². The van der Waals surface area contributed by atoms with Crippen LogP contribution in [-0.4, -0.2) is 145 Å². The largest absolute Gasteiger partial charge is 0.481 e. The van der Waals surface area contributed by atoms with Crippen molar-refractivity contribution < 1.29 is 72.2 Å². The highest BCUT2D eigenvalue weighted by Crippen LogP contribution is 2.57. The first-order valence-electron chi connectivity index (χ1n) is 23.7. The first kappa shape index (κ1) is 48.9. The molecule has 0 aliphatic carbocycles. The Bertz CT molecular complexity index is 1550. The molecule has 7 fully saturated rings. The molecule has 0 aromatic rings. The van der Waals surface area contributed by atoms with Gasteiger partial charge in [-0.25, -0.2) is 0 Å². The number of ether oxygens (including phenoxy) is 11. The van der Waals surface area contributed by atoms with Gasteiger partial charge in [-0.15, -0.1) is 0 Å². The van der Waals surface area contributed by atoms with Gasteiger partial charge >= 0.3 is 5.97 Å². The summed E-state index contributed by atoms with van der Waals surface area (Å²) in [4.78, 5) is 12.2. The molecular formula is C47H80O15. The van der Waals surface area contributed by atoms with E-state index in [1.54, 1.807) is 35.2 Å². The lowest BCUT2D eigenvalue weighted by molar-refractivity contribution is -0.363. The van der Waals surface area contributed by atoms with E-state index in [-0.39, 0.29) is 60.3 Å². The van der Waals surface area contributed by atoms with Crippen LogP contribution in [-0.2, 0) is 56.9 Å². The van der Waals surface area contributed by atoms with Gasteiger partial charge in [-0.3, -0.25) is 4.79 Å². The predicted molar refractivity (Wildman–Crippen MR) is 225 cm³/mol. The molecular weight excluding hydrogens is 805 g/mol. The lowest BCUT2D eigenvalue weighted by Gasteiger charge is -2.52. The van der Waals surface area contributed by atoms with E-state index < -0.39 is 83.2 Å². The van der Waals surface area contributed by atoms with E-state index in [0.717, 1.165) is 25.7 Å². The highest BCUT2D eigenvalue weighted by Gasteiger charge is 2.67. The van der Waals surface area contributed by atoms with Crippen molar-refractivity contribution >= 4 is 5.97 Å². The van der Waals surface area contributed by atoms with Gasteiger partial charge in [-0.2, -0.15) is 0 Å². The number of carbonyl (C=O) groups is 1. The minimum Gasteiger partial charge on any atom is -0.481 e. The standard InChI is InChI=1S/C47H80O15/c1-24-18-25(2)45(10,50)60-40(24)34-14-16-38(56-34)43(8)23-37(57-39-17-15-33(52-11)30(7)55-39)41(61-43)44(9)22-26(3)47(62-44)28(5)36(54-13)21-32(59-47)19-31-20-35(53-12)27(4)46(51,58-31)29(6)42(48)49/h24-41,50-51H,14-23H2,1-13H3,(H,48,49)/t24-,25+,26+,27-,28+,29-,30?,31-,32+,33?,34+,35?,36+,37?,38+,39?,40-,41+,43-,44-,45-,46+,47+/m0/s1. The van der Waals surface area contributed by atoms with Crippen LogP contribution >= 0.6 is 0 Å². The molecule has 0 radical (unpaired) electrons. The summed E-state index contributed by atoms with van der Waals surface area (Å²) in [5.41, 5.74) is -1.60. The SMILES string of the molecule is COC1CCC(OC2C[C@@](C)([C@H]3CC[C@H]([C@H]4O[C@](C)(O)[C@H](C)C[C@@H]4C)O3)O[C@H]2[C@]2(C)C[C@@H](C)[C@@]3(O[C@H](C[C@H]4CC(OC)[C@H](C)[C@](O)([C@@H](C)C(=O)O)O4)C[C@@H](OC)[C@H]3C)O2)OC1C. The molecule has 23 atom stereocenters. The molecule has 15 nitrogen and oxygen atoms in total. The zero-order valence-electron chi connectivity index (χ0n) is 39.7. The molecule has 358 valence electrons. The van der Waals surface area contributed by atoms with Crippen LogP contribution in [0, 0.1) is 35.5 Å². The molecule has 0 amide bonds. The smallest absolute Gasteiger partial charge is 0.311 e. The van der Waals surface area contributed by atoms with Gasteiger partial charge < -0.3 is 67.4 Å². The van der Waals surface area contributed by atoms with Crippen LogP contribution in [0.3, 0.4) is 0 Å². The van der Waals surface area contributed by atoms with E-state index in [4.69, 9.17) is 52.1 Å². The van der Waals surface area contributed by atoms with Crippen LogP contribution in [0.1, 0.15) is 133 Å². The maximum Gasteiger partial charge on any atom is 0.311 e. The van der Waals surface area contributed by atoms with E-state index in [0.29, 0.717) is 38.5 Å². The third-order valence-corrected chi connectivity index (χ3v) is 16.8. The van der Waals surface area contributed by atoms with Crippen molar-refractivity contribution in [2.24, 2.45) is 35.5 Å². The Morgan fingerprint density at radius 2 is 1.35 bits per heavy atom. The number of rotatable bonds is 12. The number of methoxy groups -OCH3 is 3. The fourth-order valence-corrected chi connectivity index (χ4v) is 12.8. The summed E-state index contributed by atoms with van der Waals surface area (Å²) in [6.45, 7) is 19.8. The quantitative estimate of drug-likeness (QED) is 0.209. The molecule has 0 aromatic carbocycles. The Morgan fingerprint density at radius 1 is 0.710 bits per heavy atom. The average molecular weight is 885 g/mol. The molecule has 5 unspecified atom stereocenters. The summed E-state index contributed by atoms with van der Waals surface area (Å²) in [5, 5.41) is 32.8. The van der Waals surface area contributed by atoms with Gasteiger partial charge in [0.1, 0.15) is 12.0 Å². The van der Waals surface area contributed by atoms with Crippen molar-refractivity contribution in [2.75, 3.05) is 21.3 Å². The summed E-state index contributed by atoms with van der Waals surface area (Å²) in [5.74, 6) is -7.12. The molecule has 7 saturated heterocycles. The van der Waals surface area contributed by atoms with Crippen molar-refractivity contribution in [3.05, 3.63) is 0 Å². The molecule has 62 heavy (non-hydrogen) atoms. The van der Waals surface area contributed by atoms with Crippen LogP contribution in [0.2, 0.25) is 0 Å². The van der Waals surface area contributed by atoms with Gasteiger partial charge in [0.2, 0.25) is 0 Å². The first-order valence-corrected chi connectivity index (χ1v) is 23.7. The molecule has 0 bridgehead atoms. The second-order valence-electron chi connectivity index (χ2n) is 21.2. The van der Waals surface area contributed by atoms with Crippen molar-refractivity contribution in [1.82, 2.24) is 0 Å². The summed E-state index contributed by atoms with van der Waals surface area (Å²) in [6, 6.07) is 0. The van der Waals surface area contributed by atoms with Crippen molar-refractivity contribution in [1.29, 1.82) is 0 Å². The topological polar surface area (TPSA) is 179 Å². The minimum atomic E-state index is -1.93. The maximum atomic E-state index is 12.2. The van der Waals surface area contributed by atoms with Gasteiger partial charge in [-0.1, -0.05) is 34.6 Å². The zero-order chi connectivity index (χ0) is 45.3. The Labute approximate surface area is 369 Å². The van der Waals surface area contributed by atoms with Crippen LogP contribution in [0.5, 0.6) is 0 Å². The van der Waals surface area contributed by atoms with Crippen molar-refractivity contribution in [3.8, 4) is 0 Å². The predicted octanol–water partition coefficient (Wildman–Crippen LogP) is 5.97. The van der Waals surface area contributed by atoms with E-state index in [1.165, 1.54) is 6.92 Å². The number of aliphatic carboxylic acids is 1. The molecule has 7 heterocycles. The maximum absolute atomic E-state index is 12.2. The molecule has 7 aliphatic heterocycles. The minimum absolute atomic E-state index is 0.00658. The summed E-state index contributed by atoms with van der Waals surface area (Å²) in [6.07, 6.45) is 2.75. The van der Waals surface area contributed by atoms with E-state index >= 15 is 0 Å². The molecule has 0 aromatic heterocycles. The zero-order valence-corrected chi connectivity index (χ0v) is 39.7. The Morgan fingerprint density at radius 3 is 1.98 bits per heavy atom. The van der Waals surface area contributed by atoms with Gasteiger partial charge in [0.05, 0.1) is 72.2 Å². The van der Waals surface area contributed by atoms with Gasteiger partial charge in [-0.05, 0) is 72.6 Å². The normalized spacial score (nSPS) is 54.2. The summed E-state index contributed by atoms with van der Waals surface area (Å²) in [7, 11) is 5.01. The van der Waals surface area contributed by atoms with E-state index in [9.17, 15) is 20.1 Å². The lowest BCUT2D eigenvalue weighted by Crippen LogP contribution is -2.61. The monoisotopic (exact) mass is 885 g/mol. The molecule has 3 N–H and O–H groups in total. The second-order valence-corrected chi connectivity index (χ2v) is 21.2. The molecule has 7 aliphatic rings. The van der Waals surface area contributed by atoms with Gasteiger partial charge in [0.25, 0.3) is 0 Å². The average Bonchev–Trinajstić information content (AvgIpc) is 3.91. The highest BCUT2D eigenvalue weighted by atomic mass is 16.7. The molecule has 7 rings (SSSR count). The Balaban J connectivity index is 1.13. The van der Waals surface area contributed by atoms with Crippen LogP contribution in [0.25, 0.3) is 0 Å². The van der Waals surface area contributed by atoms with E-state index in [1.807, 2.05) is 13.8 Å². The molecule has 15 heteroatoms. The number of aliphatic hydroxyl groups is 2. The van der Waals surface area contributed by atoms with Crippen LogP contribution in [0.4, 0.5) is 0 Å². The number of carboxylic acids is 1. The van der Waals surface area contributed by atoms with Crippen LogP contribution < -0.4 is 0 Å². The van der Waals surface area contributed by atoms with Crippen molar-refractivity contribution in [2.45, 2.75) is 235 Å². The van der Waals surface area contributed by atoms with E-state index in [2.05, 4.69) is 34.6 Å². The molecule has 0 saturated carbocycles. The Kier molecular flexibility index (Phi) is 14.4. The summed E-state index contributed by atoms with van der Waals surface area (Å²) >= 11 is 0.